The summed E-state index contributed by atoms with van der Waals surface area (Å²) >= 11 is 5.42. The first kappa shape index (κ1) is 20.7. The molecule has 1 heterocycles. The van der Waals surface area contributed by atoms with Gasteiger partial charge in [0.05, 0.1) is 30.7 Å². The molecule has 1 atom stereocenters. The molecule has 0 radical (unpaired) electrons. The molecular weight excluding hydrogens is 378 g/mol. The standard InChI is InChI=1S/C20H29N3O4S/c1-3-25-17-11-16(23-20(28)21-12-14-6-5-9-27-14)18(26-4-2)10-15(17)22-19(24)13-7-8-13/h10-11,13-14H,3-9,12H2,1-2H3,(H,22,24)(H2,21,23,28)/t14-/m1/s1. The highest BCUT2D eigenvalue weighted by atomic mass is 32.1. The van der Waals surface area contributed by atoms with Crippen LogP contribution in [-0.2, 0) is 9.53 Å². The van der Waals surface area contributed by atoms with Gasteiger partial charge in [-0.25, -0.2) is 0 Å². The molecule has 1 aliphatic heterocycles. The lowest BCUT2D eigenvalue weighted by Crippen LogP contribution is -2.34. The van der Waals surface area contributed by atoms with Crippen LogP contribution >= 0.6 is 12.2 Å². The van der Waals surface area contributed by atoms with Crippen LogP contribution in [0.1, 0.15) is 39.5 Å². The van der Waals surface area contributed by atoms with Gasteiger partial charge in [-0.1, -0.05) is 0 Å². The molecule has 0 spiro atoms. The lowest BCUT2D eigenvalue weighted by Gasteiger charge is -2.19. The minimum Gasteiger partial charge on any atom is -0.492 e. The molecule has 1 aromatic rings. The Bertz CT molecular complexity index is 703. The summed E-state index contributed by atoms with van der Waals surface area (Å²) in [6.45, 7) is 6.28. The second kappa shape index (κ2) is 9.93. The fourth-order valence-electron chi connectivity index (χ4n) is 3.06. The van der Waals surface area contributed by atoms with Gasteiger partial charge in [-0.05, 0) is 51.7 Å². The van der Waals surface area contributed by atoms with Gasteiger partial charge in [0.15, 0.2) is 5.11 Å². The Morgan fingerprint density at radius 1 is 1.11 bits per heavy atom. The van der Waals surface area contributed by atoms with Gasteiger partial charge in [0.2, 0.25) is 5.91 Å². The van der Waals surface area contributed by atoms with E-state index in [1.54, 1.807) is 6.07 Å². The molecule has 0 bridgehead atoms. The van der Waals surface area contributed by atoms with Crippen LogP contribution in [0.15, 0.2) is 12.1 Å². The largest absolute Gasteiger partial charge is 0.492 e. The molecule has 1 aliphatic carbocycles. The Kier molecular flexibility index (Phi) is 7.33. The van der Waals surface area contributed by atoms with Crippen LogP contribution < -0.4 is 25.4 Å². The van der Waals surface area contributed by atoms with Crippen molar-refractivity contribution < 1.29 is 19.0 Å². The van der Waals surface area contributed by atoms with Gasteiger partial charge in [0.1, 0.15) is 11.5 Å². The number of nitrogens with one attached hydrogen (secondary N) is 3. The van der Waals surface area contributed by atoms with E-state index in [9.17, 15) is 4.79 Å². The smallest absolute Gasteiger partial charge is 0.227 e. The average Bonchev–Trinajstić information content (AvgIpc) is 3.40. The second-order valence-electron chi connectivity index (χ2n) is 6.94. The second-order valence-corrected chi connectivity index (χ2v) is 7.35. The van der Waals surface area contributed by atoms with Crippen molar-refractivity contribution >= 4 is 34.6 Å². The summed E-state index contributed by atoms with van der Waals surface area (Å²) in [5, 5.41) is 9.83. The summed E-state index contributed by atoms with van der Waals surface area (Å²) < 4.78 is 17.1. The summed E-state index contributed by atoms with van der Waals surface area (Å²) in [5.74, 6) is 1.33. The lowest BCUT2D eigenvalue weighted by molar-refractivity contribution is -0.117. The molecular formula is C20H29N3O4S. The normalized spacial score (nSPS) is 18.4. The third kappa shape index (κ3) is 5.72. The Morgan fingerprint density at radius 3 is 2.29 bits per heavy atom. The molecule has 7 nitrogen and oxygen atoms in total. The van der Waals surface area contributed by atoms with Crippen LogP contribution in [0, 0.1) is 5.92 Å². The third-order valence-electron chi connectivity index (χ3n) is 4.65. The van der Waals surface area contributed by atoms with E-state index in [2.05, 4.69) is 16.0 Å². The van der Waals surface area contributed by atoms with Crippen molar-refractivity contribution in [3.63, 3.8) is 0 Å². The first-order valence-electron chi connectivity index (χ1n) is 10.0. The number of carbonyl (C=O) groups is 1. The van der Waals surface area contributed by atoms with E-state index in [4.69, 9.17) is 26.4 Å². The molecule has 2 fully saturated rings. The maximum atomic E-state index is 12.2. The SMILES string of the molecule is CCOc1cc(NC(=S)NC[C@H]2CCCO2)c(OCC)cc1NC(=O)C1CC1. The van der Waals surface area contributed by atoms with Crippen molar-refractivity contribution in [1.82, 2.24) is 5.32 Å². The highest BCUT2D eigenvalue weighted by Crippen LogP contribution is 2.38. The van der Waals surface area contributed by atoms with Gasteiger partial charge in [0.25, 0.3) is 0 Å². The molecule has 1 saturated carbocycles. The number of benzene rings is 1. The fourth-order valence-corrected chi connectivity index (χ4v) is 3.26. The number of rotatable bonds is 9. The van der Waals surface area contributed by atoms with Gasteiger partial charge < -0.3 is 30.2 Å². The quantitative estimate of drug-likeness (QED) is 0.542. The third-order valence-corrected chi connectivity index (χ3v) is 4.90. The first-order chi connectivity index (χ1) is 13.6. The Labute approximate surface area is 171 Å². The van der Waals surface area contributed by atoms with Crippen molar-refractivity contribution in [2.45, 2.75) is 45.6 Å². The van der Waals surface area contributed by atoms with Gasteiger partial charge in [-0.15, -0.1) is 0 Å². The Morgan fingerprint density at radius 2 is 1.75 bits per heavy atom. The summed E-state index contributed by atoms with van der Waals surface area (Å²) in [6, 6.07) is 3.61. The zero-order valence-corrected chi connectivity index (χ0v) is 17.3. The van der Waals surface area contributed by atoms with Crippen molar-refractivity contribution in [3.05, 3.63) is 12.1 Å². The van der Waals surface area contributed by atoms with E-state index in [1.165, 1.54) is 0 Å². The maximum absolute atomic E-state index is 12.2. The average molecular weight is 408 g/mol. The number of hydrogen-bond donors (Lipinski definition) is 3. The topological polar surface area (TPSA) is 80.8 Å². The fraction of sp³-hybridized carbons (Fsp3) is 0.600. The first-order valence-corrected chi connectivity index (χ1v) is 10.4. The minimum absolute atomic E-state index is 0.0258. The minimum atomic E-state index is 0.0258. The van der Waals surface area contributed by atoms with Crippen LogP contribution in [0.25, 0.3) is 0 Å². The number of hydrogen-bond acceptors (Lipinski definition) is 5. The monoisotopic (exact) mass is 407 g/mol. The van der Waals surface area contributed by atoms with E-state index in [0.29, 0.717) is 47.7 Å². The van der Waals surface area contributed by atoms with Crippen molar-refractivity contribution in [3.8, 4) is 11.5 Å². The molecule has 1 amide bonds. The van der Waals surface area contributed by atoms with E-state index < -0.39 is 0 Å². The van der Waals surface area contributed by atoms with Gasteiger partial charge in [-0.2, -0.15) is 0 Å². The van der Waals surface area contributed by atoms with Crippen LogP contribution in [0.2, 0.25) is 0 Å². The molecule has 2 aliphatic rings. The molecule has 8 heteroatoms. The molecule has 28 heavy (non-hydrogen) atoms. The molecule has 3 N–H and O–H groups in total. The zero-order valence-electron chi connectivity index (χ0n) is 16.5. The van der Waals surface area contributed by atoms with E-state index >= 15 is 0 Å². The highest BCUT2D eigenvalue weighted by Gasteiger charge is 2.30. The number of carbonyl (C=O) groups excluding carboxylic acids is 1. The summed E-state index contributed by atoms with van der Waals surface area (Å²) in [5.41, 5.74) is 1.31. The molecule has 0 aromatic heterocycles. The Hall–Kier alpha value is -2.06. The van der Waals surface area contributed by atoms with Crippen LogP contribution in [0.5, 0.6) is 11.5 Å². The molecule has 3 rings (SSSR count). The molecule has 1 aromatic carbocycles. The number of ether oxygens (including phenoxy) is 3. The van der Waals surface area contributed by atoms with Crippen molar-refractivity contribution in [2.75, 3.05) is 37.0 Å². The number of anilines is 2. The lowest BCUT2D eigenvalue weighted by atomic mass is 10.2. The highest BCUT2D eigenvalue weighted by molar-refractivity contribution is 7.80. The van der Waals surface area contributed by atoms with Crippen molar-refractivity contribution in [1.29, 1.82) is 0 Å². The van der Waals surface area contributed by atoms with Gasteiger partial charge in [-0.3, -0.25) is 4.79 Å². The van der Waals surface area contributed by atoms with E-state index in [0.717, 1.165) is 32.3 Å². The van der Waals surface area contributed by atoms with Crippen LogP contribution in [0.3, 0.4) is 0 Å². The number of amides is 1. The van der Waals surface area contributed by atoms with Gasteiger partial charge >= 0.3 is 0 Å². The molecule has 154 valence electrons. The molecule has 0 unspecified atom stereocenters. The van der Waals surface area contributed by atoms with Crippen molar-refractivity contribution in [2.24, 2.45) is 5.92 Å². The number of thiocarbonyl (C=S) groups is 1. The summed E-state index contributed by atoms with van der Waals surface area (Å²) in [4.78, 5) is 12.2. The summed E-state index contributed by atoms with van der Waals surface area (Å²) in [7, 11) is 0. The predicted octanol–water partition coefficient (Wildman–Crippen LogP) is 3.30. The van der Waals surface area contributed by atoms with Gasteiger partial charge in [0, 0.05) is 31.2 Å². The van der Waals surface area contributed by atoms with Crippen LogP contribution in [-0.4, -0.2) is 43.5 Å². The maximum Gasteiger partial charge on any atom is 0.227 e. The molecule has 1 saturated heterocycles. The van der Waals surface area contributed by atoms with E-state index in [-0.39, 0.29) is 17.9 Å². The predicted molar refractivity (Wildman–Crippen MR) is 113 cm³/mol. The van der Waals surface area contributed by atoms with E-state index in [1.807, 2.05) is 19.9 Å². The zero-order chi connectivity index (χ0) is 19.9. The van der Waals surface area contributed by atoms with Crippen LogP contribution in [0.4, 0.5) is 11.4 Å². The summed E-state index contributed by atoms with van der Waals surface area (Å²) in [6.07, 6.45) is 4.22. The Balaban J connectivity index is 1.72.